The van der Waals surface area contributed by atoms with Crippen LogP contribution in [0.4, 0.5) is 0 Å². The predicted molar refractivity (Wildman–Crippen MR) is 102 cm³/mol. The van der Waals surface area contributed by atoms with Gasteiger partial charge in [-0.15, -0.1) is 0 Å². The van der Waals surface area contributed by atoms with Crippen LogP contribution in [0.1, 0.15) is 20.8 Å². The molecule has 1 aliphatic heterocycles. The van der Waals surface area contributed by atoms with Crippen molar-refractivity contribution in [2.24, 2.45) is 0 Å². The molecule has 0 saturated carbocycles. The second kappa shape index (κ2) is 8.60. The SMILES string of the molecule is COc1cc(C(=O)N2CCN(C(=O)c3ccccn3)CC2)cc(OC)c1OC. The van der Waals surface area contributed by atoms with Crippen LogP contribution in [-0.2, 0) is 0 Å². The van der Waals surface area contributed by atoms with Crippen molar-refractivity contribution in [3.05, 3.63) is 47.8 Å². The van der Waals surface area contributed by atoms with Gasteiger partial charge in [0.2, 0.25) is 5.75 Å². The summed E-state index contributed by atoms with van der Waals surface area (Å²) in [5.74, 6) is 1.01. The molecule has 1 saturated heterocycles. The molecule has 2 aromatic rings. The van der Waals surface area contributed by atoms with Gasteiger partial charge in [0.1, 0.15) is 5.69 Å². The van der Waals surface area contributed by atoms with Crippen molar-refractivity contribution in [3.63, 3.8) is 0 Å². The summed E-state index contributed by atoms with van der Waals surface area (Å²) in [6, 6.07) is 8.51. The number of ether oxygens (including phenoxy) is 3. The van der Waals surface area contributed by atoms with Gasteiger partial charge < -0.3 is 24.0 Å². The molecule has 2 amide bonds. The molecule has 0 radical (unpaired) electrons. The van der Waals surface area contributed by atoms with Crippen molar-refractivity contribution in [2.45, 2.75) is 0 Å². The van der Waals surface area contributed by atoms with E-state index in [9.17, 15) is 9.59 Å². The maximum atomic E-state index is 12.9. The molecule has 8 heteroatoms. The zero-order chi connectivity index (χ0) is 20.1. The van der Waals surface area contributed by atoms with Gasteiger partial charge in [-0.25, -0.2) is 0 Å². The predicted octanol–water partition coefficient (Wildman–Crippen LogP) is 1.71. The average Bonchev–Trinajstić information content (AvgIpc) is 2.77. The zero-order valence-electron chi connectivity index (χ0n) is 16.2. The highest BCUT2D eigenvalue weighted by molar-refractivity contribution is 5.96. The Morgan fingerprint density at radius 3 is 1.89 bits per heavy atom. The lowest BCUT2D eigenvalue weighted by atomic mass is 10.1. The first-order valence-corrected chi connectivity index (χ1v) is 8.88. The van der Waals surface area contributed by atoms with Crippen LogP contribution in [0.2, 0.25) is 0 Å². The fraction of sp³-hybridized carbons (Fsp3) is 0.350. The Morgan fingerprint density at radius 2 is 1.43 bits per heavy atom. The largest absolute Gasteiger partial charge is 0.493 e. The summed E-state index contributed by atoms with van der Waals surface area (Å²) >= 11 is 0. The van der Waals surface area contributed by atoms with Gasteiger partial charge in [0.15, 0.2) is 11.5 Å². The van der Waals surface area contributed by atoms with Crippen LogP contribution in [0, 0.1) is 0 Å². The third-order valence-electron chi connectivity index (χ3n) is 4.65. The van der Waals surface area contributed by atoms with Crippen LogP contribution < -0.4 is 14.2 Å². The lowest BCUT2D eigenvalue weighted by Gasteiger charge is -2.34. The molecule has 2 heterocycles. The molecule has 8 nitrogen and oxygen atoms in total. The summed E-state index contributed by atoms with van der Waals surface area (Å²) in [7, 11) is 4.53. The standard InChI is InChI=1S/C20H23N3O5/c1-26-16-12-14(13-17(27-2)18(16)28-3)19(24)22-8-10-23(11-9-22)20(25)15-6-4-5-7-21-15/h4-7,12-13H,8-11H2,1-3H3. The van der Waals surface area contributed by atoms with Crippen molar-refractivity contribution in [2.75, 3.05) is 47.5 Å². The number of benzene rings is 1. The fourth-order valence-electron chi connectivity index (χ4n) is 3.15. The van der Waals surface area contributed by atoms with Gasteiger partial charge in [0, 0.05) is 37.9 Å². The van der Waals surface area contributed by atoms with E-state index in [1.165, 1.54) is 21.3 Å². The van der Waals surface area contributed by atoms with E-state index in [0.29, 0.717) is 54.7 Å². The minimum absolute atomic E-state index is 0.125. The molecule has 0 bridgehead atoms. The van der Waals surface area contributed by atoms with Gasteiger partial charge in [-0.2, -0.15) is 0 Å². The Morgan fingerprint density at radius 1 is 0.857 bits per heavy atom. The number of pyridine rings is 1. The molecule has 148 valence electrons. The smallest absolute Gasteiger partial charge is 0.272 e. The number of carbonyl (C=O) groups is 2. The third-order valence-corrected chi connectivity index (χ3v) is 4.65. The lowest BCUT2D eigenvalue weighted by molar-refractivity contribution is 0.0532. The molecular formula is C20H23N3O5. The molecule has 1 aromatic heterocycles. The quantitative estimate of drug-likeness (QED) is 0.779. The van der Waals surface area contributed by atoms with E-state index < -0.39 is 0 Å². The summed E-state index contributed by atoms with van der Waals surface area (Å²) in [6.45, 7) is 1.78. The minimum Gasteiger partial charge on any atom is -0.493 e. The molecule has 1 aliphatic rings. The highest BCUT2D eigenvalue weighted by Gasteiger charge is 2.27. The van der Waals surface area contributed by atoms with E-state index in [2.05, 4.69) is 4.98 Å². The Labute approximate surface area is 163 Å². The van der Waals surface area contributed by atoms with Gasteiger partial charge in [-0.05, 0) is 24.3 Å². The first-order chi connectivity index (χ1) is 13.6. The molecule has 0 N–H and O–H groups in total. The maximum absolute atomic E-state index is 12.9. The number of amides is 2. The molecule has 28 heavy (non-hydrogen) atoms. The lowest BCUT2D eigenvalue weighted by Crippen LogP contribution is -2.50. The number of aromatic nitrogens is 1. The van der Waals surface area contributed by atoms with E-state index in [4.69, 9.17) is 14.2 Å². The number of nitrogens with zero attached hydrogens (tertiary/aromatic N) is 3. The van der Waals surface area contributed by atoms with Crippen molar-refractivity contribution in [1.82, 2.24) is 14.8 Å². The monoisotopic (exact) mass is 385 g/mol. The number of carbonyl (C=O) groups excluding carboxylic acids is 2. The Balaban J connectivity index is 1.71. The summed E-state index contributed by atoms with van der Waals surface area (Å²) in [6.07, 6.45) is 1.59. The maximum Gasteiger partial charge on any atom is 0.272 e. The summed E-state index contributed by atoms with van der Waals surface area (Å²) in [5.41, 5.74) is 0.853. The number of hydrogen-bond acceptors (Lipinski definition) is 6. The topological polar surface area (TPSA) is 81.2 Å². The number of rotatable bonds is 5. The van der Waals surface area contributed by atoms with Gasteiger partial charge in [-0.3, -0.25) is 14.6 Å². The van der Waals surface area contributed by atoms with Crippen LogP contribution in [0.15, 0.2) is 36.5 Å². The van der Waals surface area contributed by atoms with E-state index in [0.717, 1.165) is 0 Å². The first kappa shape index (κ1) is 19.5. The van der Waals surface area contributed by atoms with Crippen molar-refractivity contribution >= 4 is 11.8 Å². The summed E-state index contributed by atoms with van der Waals surface area (Å²) in [5, 5.41) is 0. The van der Waals surface area contributed by atoms with E-state index in [1.807, 2.05) is 0 Å². The normalized spacial score (nSPS) is 13.8. The van der Waals surface area contributed by atoms with E-state index >= 15 is 0 Å². The number of hydrogen-bond donors (Lipinski definition) is 0. The Hall–Kier alpha value is -3.29. The van der Waals surface area contributed by atoms with Gasteiger partial charge in [0.25, 0.3) is 11.8 Å². The minimum atomic E-state index is -0.149. The molecule has 0 spiro atoms. The van der Waals surface area contributed by atoms with Crippen molar-refractivity contribution in [1.29, 1.82) is 0 Å². The molecule has 1 aromatic carbocycles. The second-order valence-electron chi connectivity index (χ2n) is 6.21. The van der Waals surface area contributed by atoms with Crippen LogP contribution in [0.5, 0.6) is 17.2 Å². The van der Waals surface area contributed by atoms with Gasteiger partial charge in [0.05, 0.1) is 21.3 Å². The second-order valence-corrected chi connectivity index (χ2v) is 6.21. The average molecular weight is 385 g/mol. The molecule has 1 fully saturated rings. The van der Waals surface area contributed by atoms with E-state index in [-0.39, 0.29) is 11.8 Å². The molecular weight excluding hydrogens is 362 g/mol. The highest BCUT2D eigenvalue weighted by atomic mass is 16.5. The first-order valence-electron chi connectivity index (χ1n) is 8.88. The number of methoxy groups -OCH3 is 3. The third kappa shape index (κ3) is 3.85. The van der Waals surface area contributed by atoms with E-state index in [1.54, 1.807) is 46.3 Å². The van der Waals surface area contributed by atoms with Gasteiger partial charge in [-0.1, -0.05) is 6.07 Å². The van der Waals surface area contributed by atoms with Crippen LogP contribution in [0.25, 0.3) is 0 Å². The Bertz CT molecular complexity index is 823. The molecule has 3 rings (SSSR count). The van der Waals surface area contributed by atoms with Gasteiger partial charge >= 0.3 is 0 Å². The Kier molecular flexibility index (Phi) is 5.98. The van der Waals surface area contributed by atoms with Crippen LogP contribution >= 0.6 is 0 Å². The van der Waals surface area contributed by atoms with Crippen molar-refractivity contribution < 1.29 is 23.8 Å². The fourth-order valence-corrected chi connectivity index (χ4v) is 3.15. The van der Waals surface area contributed by atoms with Crippen LogP contribution in [-0.4, -0.2) is 74.1 Å². The molecule has 0 atom stereocenters. The highest BCUT2D eigenvalue weighted by Crippen LogP contribution is 2.38. The van der Waals surface area contributed by atoms with Crippen LogP contribution in [0.3, 0.4) is 0 Å². The summed E-state index contributed by atoms with van der Waals surface area (Å²) in [4.78, 5) is 33.0. The summed E-state index contributed by atoms with van der Waals surface area (Å²) < 4.78 is 15.9. The number of piperazine rings is 1. The molecule has 0 unspecified atom stereocenters. The zero-order valence-corrected chi connectivity index (χ0v) is 16.2. The molecule has 0 aliphatic carbocycles. The van der Waals surface area contributed by atoms with Crippen molar-refractivity contribution in [3.8, 4) is 17.2 Å².